The molecule has 0 aliphatic carbocycles. The van der Waals surface area contributed by atoms with Crippen molar-refractivity contribution >= 4 is 23.0 Å². The molecule has 0 saturated heterocycles. The van der Waals surface area contributed by atoms with Gasteiger partial charge in [0.2, 0.25) is 6.10 Å². The van der Waals surface area contributed by atoms with Crippen LogP contribution in [0.15, 0.2) is 90.1 Å². The quantitative estimate of drug-likeness (QED) is 0.628. The highest BCUT2D eigenvalue weighted by atomic mass is 16.6. The van der Waals surface area contributed by atoms with Gasteiger partial charge in [0.05, 0.1) is 5.71 Å². The fourth-order valence-corrected chi connectivity index (χ4v) is 3.27. The number of rotatable bonds is 6. The summed E-state index contributed by atoms with van der Waals surface area (Å²) in [6.45, 7) is 2.12. The van der Waals surface area contributed by atoms with Crippen LogP contribution in [0.3, 0.4) is 0 Å². The first-order valence-electron chi connectivity index (χ1n) is 9.69. The number of carbonyl (C=O) groups excluding carboxylic acids is 1. The molecule has 1 amide bonds. The maximum Gasteiger partial charge on any atom is 0.268 e. The summed E-state index contributed by atoms with van der Waals surface area (Å²) >= 11 is 0. The molecular weight excluding hydrogens is 362 g/mol. The highest BCUT2D eigenvalue weighted by molar-refractivity contribution is 6.06. The number of oxime groups is 1. The summed E-state index contributed by atoms with van der Waals surface area (Å²) in [5.74, 6) is -0.196. The number of hydrogen-bond acceptors (Lipinski definition) is 4. The smallest absolute Gasteiger partial charge is 0.268 e. The first kappa shape index (κ1) is 18.7. The van der Waals surface area contributed by atoms with E-state index in [4.69, 9.17) is 4.84 Å². The van der Waals surface area contributed by atoms with Gasteiger partial charge >= 0.3 is 0 Å². The van der Waals surface area contributed by atoms with Gasteiger partial charge < -0.3 is 15.5 Å². The predicted molar refractivity (Wildman–Crippen MR) is 116 cm³/mol. The van der Waals surface area contributed by atoms with Crippen LogP contribution in [0.4, 0.5) is 11.4 Å². The van der Waals surface area contributed by atoms with Crippen LogP contribution < -0.4 is 10.6 Å². The van der Waals surface area contributed by atoms with Crippen LogP contribution in [0, 0.1) is 0 Å². The highest BCUT2D eigenvalue weighted by Crippen LogP contribution is 2.22. The number of benzene rings is 3. The van der Waals surface area contributed by atoms with Crippen LogP contribution in [0.2, 0.25) is 0 Å². The molecule has 5 nitrogen and oxygen atoms in total. The Kier molecular flexibility index (Phi) is 5.56. The molecule has 146 valence electrons. The molecule has 29 heavy (non-hydrogen) atoms. The van der Waals surface area contributed by atoms with Crippen LogP contribution >= 0.6 is 0 Å². The summed E-state index contributed by atoms with van der Waals surface area (Å²) in [4.78, 5) is 17.9. The molecule has 4 rings (SSSR count). The molecule has 0 fully saturated rings. The average Bonchev–Trinajstić information content (AvgIpc) is 3.27. The van der Waals surface area contributed by atoms with E-state index in [1.54, 1.807) is 0 Å². The minimum Gasteiger partial charge on any atom is -0.382 e. The molecule has 2 unspecified atom stereocenters. The predicted octanol–water partition coefficient (Wildman–Crippen LogP) is 4.99. The lowest BCUT2D eigenvalue weighted by molar-refractivity contribution is -0.125. The maximum absolute atomic E-state index is 12.5. The van der Waals surface area contributed by atoms with E-state index in [0.717, 1.165) is 22.6 Å². The van der Waals surface area contributed by atoms with Crippen molar-refractivity contribution in [2.45, 2.75) is 25.5 Å². The Balaban J connectivity index is 1.32. The van der Waals surface area contributed by atoms with Crippen molar-refractivity contribution in [2.75, 3.05) is 10.6 Å². The van der Waals surface area contributed by atoms with Gasteiger partial charge in [-0.2, -0.15) is 0 Å². The molecule has 1 aliphatic heterocycles. The van der Waals surface area contributed by atoms with E-state index in [2.05, 4.69) is 34.8 Å². The van der Waals surface area contributed by atoms with Crippen molar-refractivity contribution in [3.05, 3.63) is 96.1 Å². The van der Waals surface area contributed by atoms with Crippen LogP contribution in [0.5, 0.6) is 0 Å². The number of nitrogens with zero attached hydrogens (tertiary/aromatic N) is 1. The molecular formula is C24H23N3O2. The third kappa shape index (κ3) is 4.63. The Hall–Kier alpha value is -3.60. The molecule has 2 atom stereocenters. The zero-order valence-corrected chi connectivity index (χ0v) is 16.2. The lowest BCUT2D eigenvalue weighted by Crippen LogP contribution is -2.28. The minimum atomic E-state index is -0.610. The number of carbonyl (C=O) groups is 1. The second kappa shape index (κ2) is 8.61. The van der Waals surface area contributed by atoms with Crippen LogP contribution in [0.25, 0.3) is 0 Å². The Labute approximate surface area is 170 Å². The van der Waals surface area contributed by atoms with E-state index in [1.807, 2.05) is 72.8 Å². The largest absolute Gasteiger partial charge is 0.382 e. The fraction of sp³-hybridized carbons (Fsp3) is 0.167. The highest BCUT2D eigenvalue weighted by Gasteiger charge is 2.28. The van der Waals surface area contributed by atoms with Gasteiger partial charge in [-0.1, -0.05) is 65.8 Å². The van der Waals surface area contributed by atoms with Gasteiger partial charge in [0.15, 0.2) is 0 Å². The molecule has 1 heterocycles. The number of amides is 1. The standard InChI is InChI=1S/C24H23N3O2/c1-17(18-8-4-2-5-9-18)25-20-12-14-21(15-13-20)26-24(28)23-16-22(27-29-23)19-10-6-3-7-11-19/h2-15,17,23,25H,16H2,1H3,(H,26,28). The van der Waals surface area contributed by atoms with Gasteiger partial charge in [-0.3, -0.25) is 4.79 Å². The molecule has 3 aromatic rings. The Morgan fingerprint density at radius 2 is 1.55 bits per heavy atom. The van der Waals surface area contributed by atoms with Gasteiger partial charge in [-0.25, -0.2) is 0 Å². The topological polar surface area (TPSA) is 62.7 Å². The lowest BCUT2D eigenvalue weighted by atomic mass is 10.0. The monoisotopic (exact) mass is 385 g/mol. The number of nitrogens with one attached hydrogen (secondary N) is 2. The Bertz CT molecular complexity index is 986. The van der Waals surface area contributed by atoms with Gasteiger partial charge in [0.25, 0.3) is 5.91 Å². The van der Waals surface area contributed by atoms with E-state index in [-0.39, 0.29) is 11.9 Å². The molecule has 3 aromatic carbocycles. The summed E-state index contributed by atoms with van der Waals surface area (Å²) in [6.07, 6.45) is -0.148. The van der Waals surface area contributed by atoms with Crippen molar-refractivity contribution in [3.63, 3.8) is 0 Å². The Morgan fingerprint density at radius 3 is 2.24 bits per heavy atom. The van der Waals surface area contributed by atoms with Gasteiger partial charge in [0.1, 0.15) is 0 Å². The van der Waals surface area contributed by atoms with E-state index in [9.17, 15) is 4.79 Å². The van der Waals surface area contributed by atoms with E-state index < -0.39 is 6.10 Å². The second-order valence-electron chi connectivity index (χ2n) is 7.05. The average molecular weight is 385 g/mol. The summed E-state index contributed by atoms with van der Waals surface area (Å²) in [5.41, 5.74) is 4.71. The summed E-state index contributed by atoms with van der Waals surface area (Å²) < 4.78 is 0. The van der Waals surface area contributed by atoms with Crippen LogP contribution in [0.1, 0.15) is 30.5 Å². The zero-order chi connectivity index (χ0) is 20.1. The summed E-state index contributed by atoms with van der Waals surface area (Å²) in [7, 11) is 0. The van der Waals surface area contributed by atoms with Crippen molar-refractivity contribution in [1.29, 1.82) is 0 Å². The Morgan fingerprint density at radius 1 is 0.931 bits per heavy atom. The second-order valence-corrected chi connectivity index (χ2v) is 7.05. The first-order valence-corrected chi connectivity index (χ1v) is 9.69. The minimum absolute atomic E-state index is 0.192. The molecule has 0 saturated carbocycles. The molecule has 5 heteroatoms. The fourth-order valence-electron chi connectivity index (χ4n) is 3.27. The van der Waals surface area contributed by atoms with E-state index in [1.165, 1.54) is 5.56 Å². The number of anilines is 2. The summed E-state index contributed by atoms with van der Waals surface area (Å²) in [6, 6.07) is 27.9. The van der Waals surface area contributed by atoms with Crippen molar-refractivity contribution in [2.24, 2.45) is 5.16 Å². The molecule has 0 bridgehead atoms. The van der Waals surface area contributed by atoms with Crippen molar-refractivity contribution in [1.82, 2.24) is 0 Å². The molecule has 0 aromatic heterocycles. The molecule has 0 spiro atoms. The van der Waals surface area contributed by atoms with Crippen molar-refractivity contribution < 1.29 is 9.63 Å². The van der Waals surface area contributed by atoms with Gasteiger partial charge in [-0.15, -0.1) is 0 Å². The van der Waals surface area contributed by atoms with E-state index >= 15 is 0 Å². The third-order valence-corrected chi connectivity index (χ3v) is 4.90. The summed E-state index contributed by atoms with van der Waals surface area (Å²) in [5, 5.41) is 10.4. The van der Waals surface area contributed by atoms with E-state index in [0.29, 0.717) is 6.42 Å². The molecule has 2 N–H and O–H groups in total. The van der Waals surface area contributed by atoms with Crippen molar-refractivity contribution in [3.8, 4) is 0 Å². The van der Waals surface area contributed by atoms with Crippen LogP contribution in [-0.2, 0) is 9.63 Å². The zero-order valence-electron chi connectivity index (χ0n) is 16.2. The SMILES string of the molecule is CC(Nc1ccc(NC(=O)C2CC(c3ccccc3)=NO2)cc1)c1ccccc1. The molecule has 0 radical (unpaired) electrons. The third-order valence-electron chi connectivity index (χ3n) is 4.90. The van der Waals surface area contributed by atoms with Gasteiger partial charge in [0, 0.05) is 23.8 Å². The van der Waals surface area contributed by atoms with Crippen LogP contribution in [-0.4, -0.2) is 17.7 Å². The normalized spacial score (nSPS) is 16.4. The maximum atomic E-state index is 12.5. The lowest BCUT2D eigenvalue weighted by Gasteiger charge is -2.16. The first-order chi connectivity index (χ1) is 14.2. The molecule has 1 aliphatic rings. The van der Waals surface area contributed by atoms with Gasteiger partial charge in [-0.05, 0) is 42.3 Å². The number of hydrogen-bond donors (Lipinski definition) is 2.